The Labute approximate surface area is 125 Å². The largest absolute Gasteiger partial charge is 0.364 e. The molecular formula is C13H15N5S2. The van der Waals surface area contributed by atoms with Crippen molar-refractivity contribution >= 4 is 44.7 Å². The summed E-state index contributed by atoms with van der Waals surface area (Å²) in [7, 11) is 0. The third-order valence-corrected chi connectivity index (χ3v) is 4.35. The van der Waals surface area contributed by atoms with Crippen LogP contribution >= 0.6 is 22.7 Å². The number of fused-ring (bicyclic) bond motifs is 1. The molecule has 3 rings (SSSR count). The summed E-state index contributed by atoms with van der Waals surface area (Å²) in [4.78, 5) is 15.6. The molecular weight excluding hydrogens is 290 g/mol. The van der Waals surface area contributed by atoms with E-state index in [1.54, 1.807) is 22.7 Å². The Morgan fingerprint density at radius 2 is 2.15 bits per heavy atom. The summed E-state index contributed by atoms with van der Waals surface area (Å²) in [5.41, 5.74) is 2.87. The van der Waals surface area contributed by atoms with Crippen molar-refractivity contribution in [3.63, 3.8) is 0 Å². The highest BCUT2D eigenvalue weighted by atomic mass is 32.1. The maximum absolute atomic E-state index is 4.55. The van der Waals surface area contributed by atoms with Gasteiger partial charge in [0.15, 0.2) is 0 Å². The maximum Gasteiger partial charge on any atom is 0.226 e. The van der Waals surface area contributed by atoms with Crippen molar-refractivity contribution in [2.45, 2.75) is 20.4 Å². The van der Waals surface area contributed by atoms with E-state index in [0.29, 0.717) is 12.5 Å². The third-order valence-electron chi connectivity index (χ3n) is 2.77. The van der Waals surface area contributed by atoms with Crippen LogP contribution in [-0.4, -0.2) is 21.5 Å². The Hall–Kier alpha value is -1.73. The topological polar surface area (TPSA) is 62.7 Å². The lowest BCUT2D eigenvalue weighted by atomic mass is 10.3. The molecule has 0 aliphatic heterocycles. The monoisotopic (exact) mass is 305 g/mol. The number of nitrogens with zero attached hydrogens (tertiary/aromatic N) is 3. The van der Waals surface area contributed by atoms with Gasteiger partial charge in [-0.05, 0) is 19.9 Å². The highest BCUT2D eigenvalue weighted by molar-refractivity contribution is 7.18. The number of anilines is 2. The van der Waals surface area contributed by atoms with Gasteiger partial charge in [-0.2, -0.15) is 4.98 Å². The van der Waals surface area contributed by atoms with Gasteiger partial charge in [-0.1, -0.05) is 0 Å². The summed E-state index contributed by atoms with van der Waals surface area (Å²) in [5.74, 6) is 1.53. The molecule has 0 spiro atoms. The maximum atomic E-state index is 4.55. The summed E-state index contributed by atoms with van der Waals surface area (Å²) in [6, 6.07) is 2.12. The lowest BCUT2D eigenvalue weighted by Crippen LogP contribution is -2.06. The van der Waals surface area contributed by atoms with E-state index in [0.717, 1.165) is 28.3 Å². The Morgan fingerprint density at radius 3 is 2.90 bits per heavy atom. The first-order valence-corrected chi connectivity index (χ1v) is 8.15. The molecule has 3 aromatic rings. The first-order chi connectivity index (χ1) is 9.76. The van der Waals surface area contributed by atoms with Crippen molar-refractivity contribution < 1.29 is 0 Å². The van der Waals surface area contributed by atoms with Gasteiger partial charge in [0.05, 0.1) is 23.1 Å². The molecule has 5 nitrogen and oxygen atoms in total. The van der Waals surface area contributed by atoms with Crippen LogP contribution in [0.2, 0.25) is 0 Å². The molecule has 20 heavy (non-hydrogen) atoms. The Kier molecular flexibility index (Phi) is 3.79. The number of aryl methyl sites for hydroxylation is 1. The standard InChI is InChI=1S/C13H15N5S2/c1-3-14-13-17-11(15-5-9-6-19-7-16-9)10-4-8(2)20-12(10)18-13/h4,6-7H,3,5H2,1-2H3,(H2,14,15,17,18). The van der Waals surface area contributed by atoms with Gasteiger partial charge in [0.25, 0.3) is 0 Å². The zero-order valence-corrected chi connectivity index (χ0v) is 12.9. The van der Waals surface area contributed by atoms with Crippen molar-refractivity contribution in [1.29, 1.82) is 0 Å². The number of hydrogen-bond donors (Lipinski definition) is 2. The van der Waals surface area contributed by atoms with E-state index in [-0.39, 0.29) is 0 Å². The average Bonchev–Trinajstić information content (AvgIpc) is 3.04. The molecule has 0 bridgehead atoms. The summed E-state index contributed by atoms with van der Waals surface area (Å²) in [6.45, 7) is 5.61. The minimum absolute atomic E-state index is 0.669. The van der Waals surface area contributed by atoms with Crippen molar-refractivity contribution in [2.75, 3.05) is 17.2 Å². The molecule has 0 radical (unpaired) electrons. The van der Waals surface area contributed by atoms with Crippen LogP contribution in [0.15, 0.2) is 17.0 Å². The number of thiophene rings is 1. The molecule has 2 N–H and O–H groups in total. The fourth-order valence-electron chi connectivity index (χ4n) is 1.91. The average molecular weight is 305 g/mol. The third kappa shape index (κ3) is 2.73. The van der Waals surface area contributed by atoms with Crippen LogP contribution in [0.1, 0.15) is 17.5 Å². The van der Waals surface area contributed by atoms with Gasteiger partial charge in [0, 0.05) is 16.8 Å². The van der Waals surface area contributed by atoms with Gasteiger partial charge in [-0.25, -0.2) is 9.97 Å². The van der Waals surface area contributed by atoms with E-state index >= 15 is 0 Å². The summed E-state index contributed by atoms with van der Waals surface area (Å²) >= 11 is 3.28. The minimum Gasteiger partial charge on any atom is -0.364 e. The second kappa shape index (κ2) is 5.72. The molecule has 0 atom stereocenters. The molecule has 0 aliphatic rings. The zero-order valence-electron chi connectivity index (χ0n) is 11.3. The van der Waals surface area contributed by atoms with Crippen LogP contribution < -0.4 is 10.6 Å². The van der Waals surface area contributed by atoms with E-state index < -0.39 is 0 Å². The molecule has 104 valence electrons. The SMILES string of the molecule is CCNc1nc(NCc2cscn2)c2cc(C)sc2n1. The van der Waals surface area contributed by atoms with Crippen LogP contribution in [0.25, 0.3) is 10.2 Å². The summed E-state index contributed by atoms with van der Waals surface area (Å²) in [6.07, 6.45) is 0. The van der Waals surface area contributed by atoms with Crippen LogP contribution in [-0.2, 0) is 6.54 Å². The first-order valence-electron chi connectivity index (χ1n) is 6.39. The molecule has 0 unspecified atom stereocenters. The predicted molar refractivity (Wildman–Crippen MR) is 85.8 cm³/mol. The van der Waals surface area contributed by atoms with E-state index in [4.69, 9.17) is 0 Å². The molecule has 0 aliphatic carbocycles. The molecule has 0 saturated carbocycles. The molecule has 3 aromatic heterocycles. The predicted octanol–water partition coefficient (Wildman–Crippen LogP) is 3.50. The lowest BCUT2D eigenvalue weighted by Gasteiger charge is -2.08. The second-order valence-corrected chi connectivity index (χ2v) is 6.29. The van der Waals surface area contributed by atoms with Gasteiger partial charge in [0.2, 0.25) is 5.95 Å². The molecule has 7 heteroatoms. The number of hydrogen-bond acceptors (Lipinski definition) is 7. The molecule has 0 amide bonds. The van der Waals surface area contributed by atoms with E-state index in [2.05, 4.69) is 38.6 Å². The van der Waals surface area contributed by atoms with Crippen LogP contribution in [0, 0.1) is 6.92 Å². The highest BCUT2D eigenvalue weighted by Crippen LogP contribution is 2.29. The first kappa shape index (κ1) is 13.3. The van der Waals surface area contributed by atoms with Crippen molar-refractivity contribution in [3.05, 3.63) is 27.5 Å². The number of thiazole rings is 1. The van der Waals surface area contributed by atoms with Gasteiger partial charge in [-0.15, -0.1) is 22.7 Å². The van der Waals surface area contributed by atoms with Gasteiger partial charge < -0.3 is 10.6 Å². The van der Waals surface area contributed by atoms with E-state index in [9.17, 15) is 0 Å². The van der Waals surface area contributed by atoms with Gasteiger partial charge in [0.1, 0.15) is 10.6 Å². The van der Waals surface area contributed by atoms with Gasteiger partial charge in [-0.3, -0.25) is 0 Å². The fraction of sp³-hybridized carbons (Fsp3) is 0.308. The van der Waals surface area contributed by atoms with Crippen LogP contribution in [0.5, 0.6) is 0 Å². The normalized spacial score (nSPS) is 10.9. The smallest absolute Gasteiger partial charge is 0.226 e. The number of rotatable bonds is 5. The number of nitrogens with one attached hydrogen (secondary N) is 2. The van der Waals surface area contributed by atoms with Crippen LogP contribution in [0.4, 0.5) is 11.8 Å². The molecule has 0 fully saturated rings. The molecule has 0 aromatic carbocycles. The Morgan fingerprint density at radius 1 is 1.25 bits per heavy atom. The highest BCUT2D eigenvalue weighted by Gasteiger charge is 2.10. The van der Waals surface area contributed by atoms with Crippen LogP contribution in [0.3, 0.4) is 0 Å². The van der Waals surface area contributed by atoms with E-state index in [1.165, 1.54) is 4.88 Å². The van der Waals surface area contributed by atoms with Crippen molar-refractivity contribution in [3.8, 4) is 0 Å². The quantitative estimate of drug-likeness (QED) is 0.755. The summed E-state index contributed by atoms with van der Waals surface area (Å²) in [5, 5.41) is 9.65. The minimum atomic E-state index is 0.669. The van der Waals surface area contributed by atoms with Gasteiger partial charge >= 0.3 is 0 Å². The van der Waals surface area contributed by atoms with Crippen molar-refractivity contribution in [1.82, 2.24) is 15.0 Å². The summed E-state index contributed by atoms with van der Waals surface area (Å²) < 4.78 is 0. The Bertz CT molecular complexity index is 705. The second-order valence-electron chi connectivity index (χ2n) is 4.34. The lowest BCUT2D eigenvalue weighted by molar-refractivity contribution is 1.04. The van der Waals surface area contributed by atoms with Crippen molar-refractivity contribution in [2.24, 2.45) is 0 Å². The fourth-order valence-corrected chi connectivity index (χ4v) is 3.35. The number of aromatic nitrogens is 3. The molecule has 0 saturated heterocycles. The molecule has 3 heterocycles. The Balaban J connectivity index is 1.93. The zero-order chi connectivity index (χ0) is 13.9. The van der Waals surface area contributed by atoms with E-state index in [1.807, 2.05) is 17.8 Å².